The highest BCUT2D eigenvalue weighted by molar-refractivity contribution is 9.10. The number of carbonyl (C=O) groups is 6. The molecule has 0 radical (unpaired) electrons. The lowest BCUT2D eigenvalue weighted by molar-refractivity contribution is -0.155. The summed E-state index contributed by atoms with van der Waals surface area (Å²) in [4.78, 5) is 81.4. The van der Waals surface area contributed by atoms with Gasteiger partial charge in [-0.1, -0.05) is 76.6 Å². The van der Waals surface area contributed by atoms with Crippen molar-refractivity contribution in [3.05, 3.63) is 156 Å². The van der Waals surface area contributed by atoms with Crippen molar-refractivity contribution in [2.45, 2.75) is 55.4 Å². The Morgan fingerprint density at radius 3 is 1.51 bits per heavy atom. The standard InChI is InChI=1S/C31H32N2O9.C29H27BrN2O7/c1-33(2)24-18-13-16-12-17-14(6-4-7-15-8-5-9-20(42-3)25(15)35)10-11-19(34)22(17)26(36)21(16)28(38)31(18,41)29(39)23(27(24)37)30(32)40;1-32(2)23-18-12-15-11-17-14(6-3-13-4-8-16(30)9-5-13)7-10-19(33)21(17)24(34)20(15)26(36)29(18,39)27(37)22(25(23)35)28(31)38/h4-6,8-11,16,18,24,34-36,39,41H,7,12-13H2,1-3H3,(H2,32,40);3-10,15,18,23,33-34,37,39H,11-12H2,1-2H3,(H2,31,38)/b6-4-;6-3+/t16-,18-,24-,31-;15-,18-,23-,29-/m00/s1. The molecule has 6 aliphatic rings. The van der Waals surface area contributed by atoms with Crippen molar-refractivity contribution in [1.82, 2.24) is 9.80 Å². The average molecular weight is 1170 g/mol. The number of amides is 2. The first-order chi connectivity index (χ1) is 38.2. The molecule has 13 N–H and O–H groups in total. The van der Waals surface area contributed by atoms with E-state index < -0.39 is 116 Å². The molecule has 20 nitrogen and oxygen atoms in total. The molecule has 0 heterocycles. The van der Waals surface area contributed by atoms with E-state index in [1.807, 2.05) is 36.4 Å². The highest BCUT2D eigenvalue weighted by Crippen LogP contribution is 2.55. The van der Waals surface area contributed by atoms with Crippen LogP contribution in [0.4, 0.5) is 0 Å². The number of ether oxygens (including phenoxy) is 1. The highest BCUT2D eigenvalue weighted by Gasteiger charge is 2.66. The Hall–Kier alpha value is -8.34. The smallest absolute Gasteiger partial charge is 0.255 e. The number of aliphatic hydroxyl groups excluding tert-OH is 4. The summed E-state index contributed by atoms with van der Waals surface area (Å²) in [6.07, 6.45) is 8.10. The molecule has 2 fully saturated rings. The summed E-state index contributed by atoms with van der Waals surface area (Å²) < 4.78 is 6.10. The van der Waals surface area contributed by atoms with E-state index in [0.29, 0.717) is 40.0 Å². The van der Waals surface area contributed by atoms with Crippen LogP contribution in [0.1, 0.15) is 57.3 Å². The van der Waals surface area contributed by atoms with E-state index in [1.165, 1.54) is 29.0 Å². The van der Waals surface area contributed by atoms with Crippen LogP contribution in [0.25, 0.3) is 29.7 Å². The predicted molar refractivity (Wildman–Crippen MR) is 299 cm³/mol. The van der Waals surface area contributed by atoms with E-state index in [-0.39, 0.29) is 65.2 Å². The Balaban J connectivity index is 0.000000196. The van der Waals surface area contributed by atoms with Gasteiger partial charge in [0.25, 0.3) is 11.8 Å². The fourth-order valence-electron chi connectivity index (χ4n) is 12.8. The molecule has 10 rings (SSSR count). The highest BCUT2D eigenvalue weighted by atomic mass is 79.9. The largest absolute Gasteiger partial charge is 0.508 e. The van der Waals surface area contributed by atoms with Crippen LogP contribution in [-0.2, 0) is 48.0 Å². The van der Waals surface area contributed by atoms with Crippen LogP contribution in [0.3, 0.4) is 0 Å². The van der Waals surface area contributed by atoms with Crippen LogP contribution < -0.4 is 16.2 Å². The molecule has 0 spiro atoms. The van der Waals surface area contributed by atoms with Crippen LogP contribution in [0.2, 0.25) is 0 Å². The number of halogens is 1. The van der Waals surface area contributed by atoms with E-state index in [9.17, 15) is 74.7 Å². The van der Waals surface area contributed by atoms with Gasteiger partial charge in [0.05, 0.1) is 30.3 Å². The first-order valence-electron chi connectivity index (χ1n) is 25.7. The van der Waals surface area contributed by atoms with Gasteiger partial charge < -0.3 is 62.2 Å². The SMILES string of the molecule is CN(C)[C@@H]1C(=O)C(C(N)=O)=C(O)[C@@]2(O)C(=O)C3=C(O)c4c(O)ccc(/C=C/c5ccc(Br)cc5)c4C[C@H]3C[C@@H]12.COc1cccc(C/C=C\c2ccc(O)c3c2C[C@H]2C[C@H]4[C@H](N(C)C)C(=O)C(C(N)=O)=C(O)[C@@]4(O)C(=O)C2=C3O)c1O. The summed E-state index contributed by atoms with van der Waals surface area (Å²) in [5.41, 5.74) is 7.44. The number of phenols is 3. The van der Waals surface area contributed by atoms with Crippen LogP contribution in [-0.4, -0.2) is 149 Å². The lowest BCUT2D eigenvalue weighted by Crippen LogP contribution is -2.65. The molecule has 8 atom stereocenters. The average Bonchev–Trinajstić information content (AvgIpc) is 1.48. The fourth-order valence-corrected chi connectivity index (χ4v) is 13.1. The molecule has 0 aliphatic heterocycles. The minimum atomic E-state index is -2.68. The number of nitrogens with two attached hydrogens (primary N) is 2. The number of ketones is 4. The molecular formula is C60H59BrN4O16. The molecule has 2 saturated carbocycles. The maximum absolute atomic E-state index is 13.9. The number of likely N-dealkylation sites (N-methyl/N-ethyl adjacent to an activating group) is 2. The minimum absolute atomic E-state index is 0.00224. The summed E-state index contributed by atoms with van der Waals surface area (Å²) in [7, 11) is 7.69. The second kappa shape index (κ2) is 21.3. The van der Waals surface area contributed by atoms with Gasteiger partial charge in [-0.25, -0.2) is 0 Å². The van der Waals surface area contributed by atoms with Gasteiger partial charge in [-0.15, -0.1) is 0 Å². The number of benzene rings is 4. The monoisotopic (exact) mass is 1170 g/mol. The van der Waals surface area contributed by atoms with Gasteiger partial charge in [0, 0.05) is 33.0 Å². The first kappa shape index (κ1) is 57.3. The number of aliphatic hydroxyl groups is 6. The number of fused-ring (bicyclic) bond motifs is 6. The third-order valence-electron chi connectivity index (χ3n) is 16.5. The van der Waals surface area contributed by atoms with Gasteiger partial charge in [-0.05, 0) is 130 Å². The number of carbonyl (C=O) groups excluding carboxylic acids is 6. The molecule has 4 aromatic carbocycles. The molecule has 0 aromatic heterocycles. The molecule has 81 heavy (non-hydrogen) atoms. The number of nitrogens with zero attached hydrogens (tertiary/aromatic N) is 2. The van der Waals surface area contributed by atoms with E-state index in [2.05, 4.69) is 15.9 Å². The normalized spacial score (nSPS) is 26.0. The molecule has 0 bridgehead atoms. The quantitative estimate of drug-likeness (QED) is 0.0748. The summed E-state index contributed by atoms with van der Waals surface area (Å²) >= 11 is 3.41. The van der Waals surface area contributed by atoms with Gasteiger partial charge >= 0.3 is 0 Å². The Bertz CT molecular complexity index is 3610. The van der Waals surface area contributed by atoms with Crippen molar-refractivity contribution in [2.75, 3.05) is 35.3 Å². The number of hydrogen-bond acceptors (Lipinski definition) is 18. The van der Waals surface area contributed by atoms with Gasteiger partial charge in [0.1, 0.15) is 45.7 Å². The molecule has 0 unspecified atom stereocenters. The van der Waals surface area contributed by atoms with Crippen molar-refractivity contribution in [3.8, 4) is 23.0 Å². The van der Waals surface area contributed by atoms with Crippen LogP contribution in [0.5, 0.6) is 23.0 Å². The number of hydrogen-bond donors (Lipinski definition) is 11. The zero-order valence-corrected chi connectivity index (χ0v) is 46.1. The Kier molecular flexibility index (Phi) is 15.1. The third kappa shape index (κ3) is 9.18. The van der Waals surface area contributed by atoms with Gasteiger partial charge in [0.2, 0.25) is 11.6 Å². The molecular weight excluding hydrogens is 1110 g/mol. The lowest BCUT2D eigenvalue weighted by atomic mass is 9.57. The van der Waals surface area contributed by atoms with E-state index in [1.54, 1.807) is 70.7 Å². The second-order valence-corrected chi connectivity index (χ2v) is 22.4. The Labute approximate surface area is 472 Å². The van der Waals surface area contributed by atoms with Crippen LogP contribution in [0.15, 0.2) is 111 Å². The topological polar surface area (TPSA) is 352 Å². The number of methoxy groups -OCH3 is 1. The molecule has 4 aromatic rings. The van der Waals surface area contributed by atoms with Crippen molar-refractivity contribution in [1.29, 1.82) is 0 Å². The third-order valence-corrected chi connectivity index (χ3v) is 17.1. The minimum Gasteiger partial charge on any atom is -0.508 e. The summed E-state index contributed by atoms with van der Waals surface area (Å²) in [5.74, 6) is -13.3. The van der Waals surface area contributed by atoms with E-state index in [0.717, 1.165) is 10.0 Å². The Morgan fingerprint density at radius 1 is 0.642 bits per heavy atom. The predicted octanol–water partition coefficient (Wildman–Crippen LogP) is 4.83. The van der Waals surface area contributed by atoms with Gasteiger partial charge in [0.15, 0.2) is 34.3 Å². The van der Waals surface area contributed by atoms with E-state index in [4.69, 9.17) is 16.2 Å². The number of Topliss-reactive ketones (excluding diaryl/α,β-unsaturated/α-hetero) is 4. The molecule has 2 amide bonds. The summed E-state index contributed by atoms with van der Waals surface area (Å²) in [6.45, 7) is 0. The van der Waals surface area contributed by atoms with Crippen molar-refractivity contribution in [2.24, 2.45) is 35.1 Å². The summed E-state index contributed by atoms with van der Waals surface area (Å²) in [5, 5.41) is 99.7. The molecule has 422 valence electrons. The number of primary amides is 2. The maximum Gasteiger partial charge on any atom is 0.255 e. The Morgan fingerprint density at radius 2 is 1.09 bits per heavy atom. The van der Waals surface area contributed by atoms with Gasteiger partial charge in [-0.2, -0.15) is 0 Å². The zero-order chi connectivity index (χ0) is 59.1. The molecule has 0 saturated heterocycles. The van der Waals surface area contributed by atoms with Crippen molar-refractivity contribution < 1.29 is 79.5 Å². The van der Waals surface area contributed by atoms with Crippen molar-refractivity contribution >= 4 is 80.6 Å². The molecule has 21 heteroatoms. The fraction of sp³-hybridized carbons (Fsp3) is 0.300. The van der Waals surface area contributed by atoms with Gasteiger partial charge in [-0.3, -0.25) is 38.6 Å². The zero-order valence-electron chi connectivity index (χ0n) is 44.5. The number of rotatable bonds is 10. The number of para-hydroxylation sites is 1. The number of phenolic OH excluding ortho intramolecular Hbond substituents is 3. The second-order valence-electron chi connectivity index (χ2n) is 21.4. The van der Waals surface area contributed by atoms with Crippen LogP contribution in [0, 0.1) is 23.7 Å². The molecule has 6 aliphatic carbocycles. The van der Waals surface area contributed by atoms with Crippen molar-refractivity contribution in [3.63, 3.8) is 0 Å². The lowest BCUT2D eigenvalue weighted by Gasteiger charge is -2.50. The number of allylic oxidation sites excluding steroid dienone is 1. The number of aromatic hydroxyl groups is 3. The first-order valence-corrected chi connectivity index (χ1v) is 26.5. The maximum atomic E-state index is 13.9. The van der Waals surface area contributed by atoms with Crippen LogP contribution >= 0.6 is 15.9 Å². The summed E-state index contributed by atoms with van der Waals surface area (Å²) in [6, 6.07) is 16.7. The van der Waals surface area contributed by atoms with E-state index >= 15 is 0 Å².